The fourth-order valence-corrected chi connectivity index (χ4v) is 3.69. The van der Waals surface area contributed by atoms with Gasteiger partial charge in [0.15, 0.2) is 0 Å². The van der Waals surface area contributed by atoms with Crippen molar-refractivity contribution in [3.63, 3.8) is 0 Å². The Morgan fingerprint density at radius 3 is 2.81 bits per heavy atom. The van der Waals surface area contributed by atoms with E-state index < -0.39 is 0 Å². The predicted molar refractivity (Wildman–Crippen MR) is 84.0 cm³/mol. The van der Waals surface area contributed by atoms with Gasteiger partial charge in [-0.25, -0.2) is 0 Å². The molecule has 2 heterocycles. The maximum atomic E-state index is 5.52. The summed E-state index contributed by atoms with van der Waals surface area (Å²) in [5, 5.41) is 0. The second-order valence-electron chi connectivity index (χ2n) is 6.25. The van der Waals surface area contributed by atoms with Crippen LogP contribution in [0.3, 0.4) is 0 Å². The quantitative estimate of drug-likeness (QED) is 0.850. The molecule has 0 amide bonds. The molecule has 4 nitrogen and oxygen atoms in total. The first kappa shape index (κ1) is 14.7. The molecular weight excluding hydrogens is 264 g/mol. The van der Waals surface area contributed by atoms with Crippen molar-refractivity contribution in [2.45, 2.75) is 38.4 Å². The van der Waals surface area contributed by atoms with Crippen LogP contribution in [0.1, 0.15) is 25.3 Å². The minimum atomic E-state index is 0.593. The van der Waals surface area contributed by atoms with E-state index in [2.05, 4.69) is 22.8 Å². The number of nitrogens with zero attached hydrogens (tertiary/aromatic N) is 2. The molecule has 0 radical (unpaired) electrons. The van der Waals surface area contributed by atoms with E-state index in [1.807, 2.05) is 12.1 Å². The summed E-state index contributed by atoms with van der Waals surface area (Å²) in [5.74, 6) is 1.86. The van der Waals surface area contributed by atoms with Crippen molar-refractivity contribution >= 4 is 0 Å². The average Bonchev–Trinajstić information content (AvgIpc) is 2.94. The van der Waals surface area contributed by atoms with E-state index in [0.29, 0.717) is 6.04 Å². The molecule has 2 atom stereocenters. The second-order valence-corrected chi connectivity index (χ2v) is 6.25. The molecule has 4 heteroatoms. The first-order chi connectivity index (χ1) is 10.2. The highest BCUT2D eigenvalue weighted by molar-refractivity contribution is 5.40. The smallest absolute Gasteiger partial charge is 0.123 e. The SMILES string of the molecule is COc1ccc(OC)c(CN2C[C@H]3CCCN3C[C@H]2C)c1. The third-order valence-corrected chi connectivity index (χ3v) is 4.93. The van der Waals surface area contributed by atoms with Crippen LogP contribution in [0.25, 0.3) is 0 Å². The molecule has 0 aromatic heterocycles. The van der Waals surface area contributed by atoms with Crippen LogP contribution in [0, 0.1) is 0 Å². The number of benzene rings is 1. The zero-order chi connectivity index (χ0) is 14.8. The number of methoxy groups -OCH3 is 2. The Kier molecular flexibility index (Phi) is 4.36. The van der Waals surface area contributed by atoms with E-state index >= 15 is 0 Å². The van der Waals surface area contributed by atoms with Crippen molar-refractivity contribution in [2.75, 3.05) is 33.9 Å². The maximum absolute atomic E-state index is 5.52. The third kappa shape index (κ3) is 3.01. The van der Waals surface area contributed by atoms with E-state index in [1.165, 1.54) is 38.0 Å². The molecule has 2 aliphatic heterocycles. The lowest BCUT2D eigenvalue weighted by Gasteiger charge is -2.42. The topological polar surface area (TPSA) is 24.9 Å². The maximum Gasteiger partial charge on any atom is 0.123 e. The fourth-order valence-electron chi connectivity index (χ4n) is 3.69. The Labute approximate surface area is 127 Å². The van der Waals surface area contributed by atoms with Gasteiger partial charge in [0.1, 0.15) is 11.5 Å². The van der Waals surface area contributed by atoms with E-state index in [-0.39, 0.29) is 0 Å². The lowest BCUT2D eigenvalue weighted by atomic mass is 10.1. The standard InChI is InChI=1S/C17H26N2O2/c1-13-10-18-8-4-5-15(18)12-19(13)11-14-9-16(20-2)6-7-17(14)21-3/h6-7,9,13,15H,4-5,8,10-12H2,1-3H3/t13-,15-/m1/s1. The van der Waals surface area contributed by atoms with E-state index in [0.717, 1.165) is 24.1 Å². The van der Waals surface area contributed by atoms with Gasteiger partial charge in [0.2, 0.25) is 0 Å². The summed E-state index contributed by atoms with van der Waals surface area (Å²) in [7, 11) is 3.45. The molecule has 116 valence electrons. The van der Waals surface area contributed by atoms with Gasteiger partial charge >= 0.3 is 0 Å². The highest BCUT2D eigenvalue weighted by atomic mass is 16.5. The number of fused-ring (bicyclic) bond motifs is 1. The molecule has 0 N–H and O–H groups in total. The Morgan fingerprint density at radius 1 is 1.19 bits per heavy atom. The van der Waals surface area contributed by atoms with Gasteiger partial charge in [-0.3, -0.25) is 9.80 Å². The summed E-state index contributed by atoms with van der Waals surface area (Å²) in [6, 6.07) is 7.41. The molecule has 0 saturated carbocycles. The molecule has 1 aromatic carbocycles. The second kappa shape index (κ2) is 6.24. The van der Waals surface area contributed by atoms with E-state index in [1.54, 1.807) is 14.2 Å². The molecule has 2 fully saturated rings. The van der Waals surface area contributed by atoms with Crippen LogP contribution >= 0.6 is 0 Å². The van der Waals surface area contributed by atoms with Crippen LogP contribution in [0.5, 0.6) is 11.5 Å². The van der Waals surface area contributed by atoms with Crippen molar-refractivity contribution in [2.24, 2.45) is 0 Å². The van der Waals surface area contributed by atoms with Gasteiger partial charge in [-0.2, -0.15) is 0 Å². The Balaban J connectivity index is 1.76. The third-order valence-electron chi connectivity index (χ3n) is 4.93. The Bertz CT molecular complexity index is 492. The molecule has 0 aliphatic carbocycles. The van der Waals surface area contributed by atoms with Crippen molar-refractivity contribution < 1.29 is 9.47 Å². The zero-order valence-electron chi connectivity index (χ0n) is 13.3. The van der Waals surface area contributed by atoms with Gasteiger partial charge in [-0.05, 0) is 44.5 Å². The summed E-state index contributed by atoms with van der Waals surface area (Å²) in [5.41, 5.74) is 1.22. The van der Waals surface area contributed by atoms with Gasteiger partial charge in [0.05, 0.1) is 14.2 Å². The predicted octanol–water partition coefficient (Wildman–Crippen LogP) is 2.37. The highest BCUT2D eigenvalue weighted by Crippen LogP contribution is 2.29. The van der Waals surface area contributed by atoms with Crippen molar-refractivity contribution in [3.05, 3.63) is 23.8 Å². The van der Waals surface area contributed by atoms with Crippen molar-refractivity contribution in [1.29, 1.82) is 0 Å². The molecular formula is C17H26N2O2. The Hall–Kier alpha value is -1.26. The van der Waals surface area contributed by atoms with Gasteiger partial charge in [0, 0.05) is 37.3 Å². The summed E-state index contributed by atoms with van der Waals surface area (Å²) >= 11 is 0. The van der Waals surface area contributed by atoms with Crippen LogP contribution in [0.15, 0.2) is 18.2 Å². The molecule has 0 bridgehead atoms. The summed E-state index contributed by atoms with van der Waals surface area (Å²) in [6.07, 6.45) is 2.70. The summed E-state index contributed by atoms with van der Waals surface area (Å²) in [6.45, 7) is 6.91. The number of rotatable bonds is 4. The zero-order valence-corrected chi connectivity index (χ0v) is 13.3. The van der Waals surface area contributed by atoms with Crippen molar-refractivity contribution in [3.8, 4) is 11.5 Å². The normalized spacial score (nSPS) is 26.6. The monoisotopic (exact) mass is 290 g/mol. The van der Waals surface area contributed by atoms with Crippen LogP contribution in [-0.2, 0) is 6.54 Å². The molecule has 21 heavy (non-hydrogen) atoms. The molecule has 2 aliphatic rings. The van der Waals surface area contributed by atoms with Crippen LogP contribution in [-0.4, -0.2) is 55.7 Å². The fraction of sp³-hybridized carbons (Fsp3) is 0.647. The minimum absolute atomic E-state index is 0.593. The molecule has 0 unspecified atom stereocenters. The molecule has 2 saturated heterocycles. The number of ether oxygens (including phenoxy) is 2. The largest absolute Gasteiger partial charge is 0.497 e. The van der Waals surface area contributed by atoms with Gasteiger partial charge < -0.3 is 9.47 Å². The number of piperazine rings is 1. The van der Waals surface area contributed by atoms with E-state index in [9.17, 15) is 0 Å². The molecule has 0 spiro atoms. The van der Waals surface area contributed by atoms with Gasteiger partial charge in [-0.1, -0.05) is 0 Å². The highest BCUT2D eigenvalue weighted by Gasteiger charge is 2.34. The lowest BCUT2D eigenvalue weighted by Crippen LogP contribution is -2.54. The van der Waals surface area contributed by atoms with Crippen molar-refractivity contribution in [1.82, 2.24) is 9.80 Å². The minimum Gasteiger partial charge on any atom is -0.497 e. The van der Waals surface area contributed by atoms with Crippen LogP contribution in [0.4, 0.5) is 0 Å². The summed E-state index contributed by atoms with van der Waals surface area (Å²) in [4.78, 5) is 5.24. The first-order valence-electron chi connectivity index (χ1n) is 7.90. The van der Waals surface area contributed by atoms with Crippen LogP contribution < -0.4 is 9.47 Å². The van der Waals surface area contributed by atoms with Gasteiger partial charge in [0.25, 0.3) is 0 Å². The Morgan fingerprint density at radius 2 is 2.05 bits per heavy atom. The number of hydrogen-bond donors (Lipinski definition) is 0. The number of hydrogen-bond acceptors (Lipinski definition) is 4. The molecule has 1 aromatic rings. The van der Waals surface area contributed by atoms with Crippen LogP contribution in [0.2, 0.25) is 0 Å². The summed E-state index contributed by atoms with van der Waals surface area (Å²) < 4.78 is 10.9. The lowest BCUT2D eigenvalue weighted by molar-refractivity contribution is 0.0535. The molecule has 3 rings (SSSR count). The van der Waals surface area contributed by atoms with E-state index in [4.69, 9.17) is 9.47 Å². The van der Waals surface area contributed by atoms with Gasteiger partial charge in [-0.15, -0.1) is 0 Å². The first-order valence-corrected chi connectivity index (χ1v) is 7.90. The average molecular weight is 290 g/mol.